The molecule has 0 rings (SSSR count). The Morgan fingerprint density at radius 3 is 1.56 bits per heavy atom. The van der Waals surface area contributed by atoms with E-state index in [1.54, 1.807) is 0 Å². The van der Waals surface area contributed by atoms with Crippen LogP contribution in [0, 0.1) is 0 Å². The number of ether oxygens (including phenoxy) is 1. The van der Waals surface area contributed by atoms with E-state index < -0.39 is 8.80 Å². The molecule has 0 aliphatic rings. The smallest absolute Gasteiger partial charge is 0.377 e. The van der Waals surface area contributed by atoms with E-state index in [4.69, 9.17) is 18.0 Å². The number of unbranched alkanes of at least 4 members (excludes halogenated alkanes) is 8. The molecule has 0 aliphatic heterocycles. The molecule has 0 aliphatic carbocycles. The molecule has 150 valence electrons. The van der Waals surface area contributed by atoms with Crippen molar-refractivity contribution in [2.24, 2.45) is 0 Å². The minimum Gasteiger partial charge on any atom is -0.377 e. The molecule has 0 saturated heterocycles. The summed E-state index contributed by atoms with van der Waals surface area (Å²) in [6.07, 6.45) is 13.3. The molecule has 0 aromatic heterocycles. The zero-order valence-corrected chi connectivity index (χ0v) is 18.0. The fourth-order valence-corrected chi connectivity index (χ4v) is 5.64. The zero-order valence-electron chi connectivity index (χ0n) is 17.0. The van der Waals surface area contributed by atoms with Crippen molar-refractivity contribution in [1.82, 2.24) is 0 Å². The van der Waals surface area contributed by atoms with Crippen LogP contribution in [0.5, 0.6) is 0 Å². The Kier molecular flexibility index (Phi) is 18.4. The van der Waals surface area contributed by atoms with Crippen LogP contribution in [-0.4, -0.2) is 41.8 Å². The van der Waals surface area contributed by atoms with Gasteiger partial charge in [0.25, 0.3) is 0 Å². The lowest BCUT2D eigenvalue weighted by Gasteiger charge is -2.28. The number of rotatable bonds is 20. The molecule has 0 aromatic carbocycles. The summed E-state index contributed by atoms with van der Waals surface area (Å²) < 4.78 is 23.1. The molecule has 0 spiro atoms. The third-order valence-corrected chi connectivity index (χ3v) is 7.25. The van der Waals surface area contributed by atoms with Crippen LogP contribution in [0.4, 0.5) is 0 Å². The van der Waals surface area contributed by atoms with Gasteiger partial charge < -0.3 is 18.0 Å². The van der Waals surface area contributed by atoms with Gasteiger partial charge in [-0.25, -0.2) is 0 Å². The van der Waals surface area contributed by atoms with Gasteiger partial charge in [0.05, 0.1) is 6.61 Å². The van der Waals surface area contributed by atoms with E-state index in [0.29, 0.717) is 26.4 Å². The monoisotopic (exact) mass is 374 g/mol. The van der Waals surface area contributed by atoms with Crippen molar-refractivity contribution in [3.8, 4) is 0 Å². The quantitative estimate of drug-likeness (QED) is 0.154. The largest absolute Gasteiger partial charge is 0.500 e. The molecule has 0 bridgehead atoms. The average molecular weight is 375 g/mol. The van der Waals surface area contributed by atoms with Gasteiger partial charge in [-0.2, -0.15) is 0 Å². The summed E-state index contributed by atoms with van der Waals surface area (Å²) in [5.74, 6) is 0. The predicted octanol–water partition coefficient (Wildman–Crippen LogP) is 5.75. The fourth-order valence-electron chi connectivity index (χ4n) is 2.95. The second-order valence-electron chi connectivity index (χ2n) is 6.28. The lowest BCUT2D eigenvalue weighted by Crippen LogP contribution is -2.45. The van der Waals surface area contributed by atoms with Crippen LogP contribution in [0.2, 0.25) is 6.04 Å². The van der Waals surface area contributed by atoms with E-state index in [-0.39, 0.29) is 0 Å². The Morgan fingerprint density at radius 2 is 1.12 bits per heavy atom. The Bertz CT molecular complexity index is 270. The van der Waals surface area contributed by atoms with Crippen LogP contribution in [0.1, 0.15) is 78.6 Å². The highest BCUT2D eigenvalue weighted by atomic mass is 28.4. The van der Waals surface area contributed by atoms with Gasteiger partial charge >= 0.3 is 8.80 Å². The van der Waals surface area contributed by atoms with Crippen molar-refractivity contribution in [1.29, 1.82) is 0 Å². The summed E-state index contributed by atoms with van der Waals surface area (Å²) in [5.41, 5.74) is 0. The third kappa shape index (κ3) is 14.6. The maximum Gasteiger partial charge on any atom is 0.500 e. The Hall–Kier alpha value is -0.203. The first-order chi connectivity index (χ1) is 12.2. The molecule has 5 heteroatoms. The highest BCUT2D eigenvalue weighted by molar-refractivity contribution is 6.60. The molecule has 0 heterocycles. The zero-order chi connectivity index (χ0) is 18.6. The normalized spacial score (nSPS) is 11.8. The van der Waals surface area contributed by atoms with E-state index in [1.807, 2.05) is 26.8 Å². The highest BCUT2D eigenvalue weighted by Crippen LogP contribution is 2.20. The molecular weight excluding hydrogens is 332 g/mol. The van der Waals surface area contributed by atoms with Gasteiger partial charge in [-0.1, -0.05) is 51.0 Å². The summed E-state index contributed by atoms with van der Waals surface area (Å²) >= 11 is 0. The molecule has 0 aromatic rings. The molecule has 4 nitrogen and oxygen atoms in total. The van der Waals surface area contributed by atoms with Gasteiger partial charge in [0.2, 0.25) is 0 Å². The second kappa shape index (κ2) is 18.6. The summed E-state index contributed by atoms with van der Waals surface area (Å²) in [7, 11) is -2.41. The van der Waals surface area contributed by atoms with Crippen molar-refractivity contribution in [3.05, 3.63) is 12.7 Å². The molecule has 0 amide bonds. The molecule has 0 radical (unpaired) electrons. The van der Waals surface area contributed by atoms with Gasteiger partial charge in [-0.15, -0.1) is 6.58 Å². The van der Waals surface area contributed by atoms with Crippen LogP contribution < -0.4 is 0 Å². The highest BCUT2D eigenvalue weighted by Gasteiger charge is 2.39. The molecule has 0 N–H and O–H groups in total. The third-order valence-electron chi connectivity index (χ3n) is 4.10. The molecule has 0 atom stereocenters. The van der Waals surface area contributed by atoms with E-state index >= 15 is 0 Å². The number of hydrogen-bond donors (Lipinski definition) is 0. The van der Waals surface area contributed by atoms with Gasteiger partial charge in [0.1, 0.15) is 0 Å². The topological polar surface area (TPSA) is 36.9 Å². The van der Waals surface area contributed by atoms with E-state index in [2.05, 4.69) is 6.58 Å². The molecule has 0 fully saturated rings. The number of hydrogen-bond acceptors (Lipinski definition) is 4. The van der Waals surface area contributed by atoms with Crippen molar-refractivity contribution in [2.45, 2.75) is 84.6 Å². The molecule has 0 unspecified atom stereocenters. The van der Waals surface area contributed by atoms with Gasteiger partial charge in [-0.3, -0.25) is 0 Å². The maximum atomic E-state index is 5.90. The van der Waals surface area contributed by atoms with E-state index in [1.165, 1.54) is 51.4 Å². The minimum atomic E-state index is -2.41. The van der Waals surface area contributed by atoms with Crippen molar-refractivity contribution in [2.75, 3.05) is 33.0 Å². The maximum absolute atomic E-state index is 5.90. The van der Waals surface area contributed by atoms with Crippen LogP contribution in [0.25, 0.3) is 0 Å². The van der Waals surface area contributed by atoms with Crippen molar-refractivity contribution in [3.63, 3.8) is 0 Å². The summed E-state index contributed by atoms with van der Waals surface area (Å²) in [5, 5.41) is 0. The summed E-state index contributed by atoms with van der Waals surface area (Å²) in [6.45, 7) is 13.3. The van der Waals surface area contributed by atoms with E-state index in [9.17, 15) is 0 Å². The SMILES string of the molecule is C=CCOCCCCCCCCCCC[Si](OCC)(OCC)OCC. The lowest BCUT2D eigenvalue weighted by atomic mass is 10.1. The predicted molar refractivity (Wildman–Crippen MR) is 108 cm³/mol. The van der Waals surface area contributed by atoms with Gasteiger partial charge in [0, 0.05) is 32.5 Å². The molecule has 0 saturated carbocycles. The van der Waals surface area contributed by atoms with Gasteiger partial charge in [0.15, 0.2) is 0 Å². The Morgan fingerprint density at radius 1 is 0.680 bits per heavy atom. The average Bonchev–Trinajstić information content (AvgIpc) is 2.60. The summed E-state index contributed by atoms with van der Waals surface area (Å²) in [4.78, 5) is 0. The van der Waals surface area contributed by atoms with Crippen LogP contribution in [0.3, 0.4) is 0 Å². The first-order valence-corrected chi connectivity index (χ1v) is 12.3. The van der Waals surface area contributed by atoms with Crippen molar-refractivity contribution >= 4 is 8.80 Å². The van der Waals surface area contributed by atoms with Gasteiger partial charge in [-0.05, 0) is 33.6 Å². The van der Waals surface area contributed by atoms with Crippen LogP contribution >= 0.6 is 0 Å². The standard InChI is InChI=1S/C20H42O4Si/c1-5-18-21-19-16-14-12-10-9-11-13-15-17-20-25(22-6-2,23-7-3)24-8-4/h5H,1,6-20H2,2-4H3. The minimum absolute atomic E-state index is 0.671. The van der Waals surface area contributed by atoms with Crippen molar-refractivity contribution < 1.29 is 18.0 Å². The lowest BCUT2D eigenvalue weighted by molar-refractivity contribution is 0.0706. The molecular formula is C20H42O4Si. The second-order valence-corrected chi connectivity index (χ2v) is 9.01. The van der Waals surface area contributed by atoms with E-state index in [0.717, 1.165) is 19.1 Å². The first-order valence-electron chi connectivity index (χ1n) is 10.3. The Balaban J connectivity index is 3.58. The van der Waals surface area contributed by atoms with Crippen LogP contribution in [-0.2, 0) is 18.0 Å². The molecule has 25 heavy (non-hydrogen) atoms. The fraction of sp³-hybridized carbons (Fsp3) is 0.900. The van der Waals surface area contributed by atoms with Crippen LogP contribution in [0.15, 0.2) is 12.7 Å². The summed E-state index contributed by atoms with van der Waals surface area (Å²) in [6, 6.07) is 0.952. The first kappa shape index (κ1) is 24.8. The Labute approximate surface area is 157 Å².